The second kappa shape index (κ2) is 6.22. The fraction of sp³-hybridized carbons (Fsp3) is 1.00. The zero-order valence-electron chi connectivity index (χ0n) is 6.78. The summed E-state index contributed by atoms with van der Waals surface area (Å²) < 4.78 is 38.7. The quantitative estimate of drug-likeness (QED) is 0.499. The van der Waals surface area contributed by atoms with E-state index < -0.39 is 12.8 Å². The molecule has 0 aromatic heterocycles. The van der Waals surface area contributed by atoms with Crippen LogP contribution in [0.3, 0.4) is 0 Å². The van der Waals surface area contributed by atoms with E-state index in [0.717, 1.165) is 0 Å². The van der Waals surface area contributed by atoms with Crippen LogP contribution in [0.5, 0.6) is 0 Å². The van der Waals surface area contributed by atoms with Crippen molar-refractivity contribution in [3.63, 3.8) is 0 Å². The Labute approximate surface area is 68.8 Å². The van der Waals surface area contributed by atoms with E-state index in [4.69, 9.17) is 0 Å². The van der Waals surface area contributed by atoms with Gasteiger partial charge in [0.25, 0.3) is 0 Å². The lowest BCUT2D eigenvalue weighted by Gasteiger charge is -2.07. The minimum Gasteiger partial charge on any atom is -0.372 e. The zero-order valence-corrected chi connectivity index (χ0v) is 6.78. The molecule has 1 N–H and O–H groups in total. The molecule has 0 fully saturated rings. The third-order valence-corrected chi connectivity index (χ3v) is 0.978. The lowest BCUT2D eigenvalue weighted by molar-refractivity contribution is -0.174. The van der Waals surface area contributed by atoms with Crippen molar-refractivity contribution < 1.29 is 22.7 Å². The van der Waals surface area contributed by atoms with Crippen LogP contribution in [0.25, 0.3) is 0 Å². The van der Waals surface area contributed by atoms with Gasteiger partial charge in [-0.05, 0) is 6.42 Å². The van der Waals surface area contributed by atoms with Crippen molar-refractivity contribution in [2.24, 2.45) is 0 Å². The Bertz CT molecular complexity index is 107. The second-order valence-corrected chi connectivity index (χ2v) is 2.12. The van der Waals surface area contributed by atoms with Crippen LogP contribution in [-0.4, -0.2) is 33.0 Å². The van der Waals surface area contributed by atoms with Crippen molar-refractivity contribution in [2.75, 3.05) is 26.9 Å². The first-order valence-electron chi connectivity index (χ1n) is 3.46. The number of ether oxygens (including phenoxy) is 1. The molecule has 0 saturated carbocycles. The van der Waals surface area contributed by atoms with Gasteiger partial charge in [-0.2, -0.15) is 13.2 Å². The molecule has 3 nitrogen and oxygen atoms in total. The summed E-state index contributed by atoms with van der Waals surface area (Å²) in [5.41, 5.74) is 2.48. The minimum atomic E-state index is -4.23. The first-order valence-corrected chi connectivity index (χ1v) is 3.46. The van der Waals surface area contributed by atoms with Crippen LogP contribution in [-0.2, 0) is 9.57 Å². The highest BCUT2D eigenvalue weighted by molar-refractivity contribution is 4.46. The topological polar surface area (TPSA) is 30.5 Å². The van der Waals surface area contributed by atoms with Crippen molar-refractivity contribution in [2.45, 2.75) is 12.6 Å². The largest absolute Gasteiger partial charge is 0.411 e. The molecule has 12 heavy (non-hydrogen) atoms. The monoisotopic (exact) mass is 187 g/mol. The normalized spacial score (nSPS) is 12.0. The molecular formula is C6H12F3NO2. The lowest BCUT2D eigenvalue weighted by Crippen LogP contribution is -2.19. The van der Waals surface area contributed by atoms with E-state index in [1.165, 1.54) is 7.11 Å². The average molecular weight is 187 g/mol. The van der Waals surface area contributed by atoms with E-state index in [1.807, 2.05) is 0 Å². The third kappa shape index (κ3) is 9.67. The highest BCUT2D eigenvalue weighted by atomic mass is 19.4. The van der Waals surface area contributed by atoms with E-state index in [9.17, 15) is 13.2 Å². The van der Waals surface area contributed by atoms with Gasteiger partial charge in [0, 0.05) is 13.2 Å². The van der Waals surface area contributed by atoms with Crippen LogP contribution < -0.4 is 5.48 Å². The summed E-state index contributed by atoms with van der Waals surface area (Å²) in [4.78, 5) is 4.46. The molecule has 0 bridgehead atoms. The molecule has 0 saturated heterocycles. The summed E-state index contributed by atoms with van der Waals surface area (Å²) in [6.45, 7) is -0.621. The van der Waals surface area contributed by atoms with Crippen molar-refractivity contribution in [1.29, 1.82) is 0 Å². The lowest BCUT2D eigenvalue weighted by atomic mass is 10.5. The Morgan fingerprint density at radius 1 is 1.33 bits per heavy atom. The maximum absolute atomic E-state index is 11.5. The number of nitrogens with one attached hydrogen (secondary N) is 1. The summed E-state index contributed by atoms with van der Waals surface area (Å²) >= 11 is 0. The molecular weight excluding hydrogens is 175 g/mol. The average Bonchev–Trinajstić information content (AvgIpc) is 1.94. The summed E-state index contributed by atoms with van der Waals surface area (Å²) in [6.07, 6.45) is -3.74. The zero-order chi connectivity index (χ0) is 9.45. The van der Waals surface area contributed by atoms with Gasteiger partial charge in [-0.25, -0.2) is 5.48 Å². The predicted molar refractivity (Wildman–Crippen MR) is 36.5 cm³/mol. The first-order chi connectivity index (χ1) is 5.56. The van der Waals surface area contributed by atoms with Gasteiger partial charge in [-0.15, -0.1) is 0 Å². The number of halogens is 3. The SMILES string of the molecule is CONCCCOCC(F)(F)F. The number of hydroxylamine groups is 1. The Kier molecular flexibility index (Phi) is 6.04. The van der Waals surface area contributed by atoms with E-state index in [-0.39, 0.29) is 6.61 Å². The van der Waals surface area contributed by atoms with E-state index in [1.54, 1.807) is 0 Å². The highest BCUT2D eigenvalue weighted by Gasteiger charge is 2.26. The molecule has 0 rings (SSSR count). The molecule has 0 aromatic carbocycles. The van der Waals surface area contributed by atoms with Crippen molar-refractivity contribution in [1.82, 2.24) is 5.48 Å². The summed E-state index contributed by atoms with van der Waals surface area (Å²) in [7, 11) is 1.44. The standard InChI is InChI=1S/C6H12F3NO2/c1-11-10-3-2-4-12-5-6(7,8)9/h10H,2-5H2,1H3. The van der Waals surface area contributed by atoms with Crippen LogP contribution in [0.1, 0.15) is 6.42 Å². The number of rotatable bonds is 6. The van der Waals surface area contributed by atoms with Gasteiger partial charge >= 0.3 is 6.18 Å². The molecule has 0 aliphatic carbocycles. The number of hydrogen-bond donors (Lipinski definition) is 1. The summed E-state index contributed by atoms with van der Waals surface area (Å²) in [5, 5.41) is 0. The van der Waals surface area contributed by atoms with Crippen LogP contribution in [0.15, 0.2) is 0 Å². The second-order valence-electron chi connectivity index (χ2n) is 2.12. The molecule has 0 aliphatic rings. The van der Waals surface area contributed by atoms with Gasteiger partial charge in [0.1, 0.15) is 6.61 Å². The van der Waals surface area contributed by atoms with Gasteiger partial charge in [0.2, 0.25) is 0 Å². The van der Waals surface area contributed by atoms with Gasteiger partial charge in [0.05, 0.1) is 7.11 Å². The van der Waals surface area contributed by atoms with Gasteiger partial charge in [-0.3, -0.25) is 0 Å². The molecule has 6 heteroatoms. The van der Waals surface area contributed by atoms with Crippen molar-refractivity contribution >= 4 is 0 Å². The predicted octanol–water partition coefficient (Wildman–Crippen LogP) is 1.11. The highest BCUT2D eigenvalue weighted by Crippen LogP contribution is 2.14. The van der Waals surface area contributed by atoms with E-state index in [2.05, 4.69) is 15.1 Å². The smallest absolute Gasteiger partial charge is 0.372 e. The fourth-order valence-electron chi connectivity index (χ4n) is 0.536. The Balaban J connectivity index is 3.01. The molecule has 74 valence electrons. The molecule has 0 heterocycles. The van der Waals surface area contributed by atoms with Crippen molar-refractivity contribution in [3.8, 4) is 0 Å². The number of hydrogen-bond acceptors (Lipinski definition) is 3. The van der Waals surface area contributed by atoms with Crippen LogP contribution in [0, 0.1) is 0 Å². The molecule has 0 unspecified atom stereocenters. The van der Waals surface area contributed by atoms with Crippen molar-refractivity contribution in [3.05, 3.63) is 0 Å². The Morgan fingerprint density at radius 2 is 2.00 bits per heavy atom. The summed E-state index contributed by atoms with van der Waals surface area (Å²) in [6, 6.07) is 0. The van der Waals surface area contributed by atoms with E-state index >= 15 is 0 Å². The van der Waals surface area contributed by atoms with E-state index in [0.29, 0.717) is 13.0 Å². The molecule has 0 spiro atoms. The Morgan fingerprint density at radius 3 is 2.50 bits per heavy atom. The molecule has 0 amide bonds. The Hall–Kier alpha value is -0.330. The van der Waals surface area contributed by atoms with Crippen LogP contribution in [0.4, 0.5) is 13.2 Å². The van der Waals surface area contributed by atoms with Gasteiger partial charge in [-0.1, -0.05) is 0 Å². The maximum atomic E-state index is 11.5. The van der Waals surface area contributed by atoms with Crippen LogP contribution in [0.2, 0.25) is 0 Å². The van der Waals surface area contributed by atoms with Gasteiger partial charge in [0.15, 0.2) is 0 Å². The first kappa shape index (κ1) is 11.7. The third-order valence-electron chi connectivity index (χ3n) is 0.978. The molecule has 0 radical (unpaired) electrons. The molecule has 0 aliphatic heterocycles. The minimum absolute atomic E-state index is 0.0792. The fourth-order valence-corrected chi connectivity index (χ4v) is 0.536. The summed E-state index contributed by atoms with van der Waals surface area (Å²) in [5.74, 6) is 0. The molecule has 0 atom stereocenters. The number of alkyl halides is 3. The maximum Gasteiger partial charge on any atom is 0.411 e. The molecule has 0 aromatic rings. The van der Waals surface area contributed by atoms with Crippen LogP contribution >= 0.6 is 0 Å². The van der Waals surface area contributed by atoms with Gasteiger partial charge < -0.3 is 9.57 Å².